The lowest BCUT2D eigenvalue weighted by Gasteiger charge is -2.21. The molecule has 0 heterocycles. The van der Waals surface area contributed by atoms with Crippen LogP contribution in [0.1, 0.15) is 30.6 Å². The van der Waals surface area contributed by atoms with Crippen LogP contribution in [-0.4, -0.2) is 37.3 Å². The predicted octanol–water partition coefficient (Wildman–Crippen LogP) is 2.81. The average Bonchev–Trinajstić information content (AvgIpc) is 2.68. The molecule has 2 aromatic carbocycles. The number of anilines is 3. The molecule has 0 aliphatic rings. The number of methoxy groups -OCH3 is 1. The number of hydrogen-bond acceptors (Lipinski definition) is 5. The van der Waals surface area contributed by atoms with Gasteiger partial charge in [0, 0.05) is 43.9 Å². The summed E-state index contributed by atoms with van der Waals surface area (Å²) in [6, 6.07) is 13.1. The second-order valence-corrected chi connectivity index (χ2v) is 6.27. The first-order chi connectivity index (χ1) is 13.8. The topological polar surface area (TPSA) is 105 Å². The van der Waals surface area contributed by atoms with E-state index in [9.17, 15) is 19.2 Å². The molecule has 0 aromatic heterocycles. The molecule has 152 valence electrons. The van der Waals surface area contributed by atoms with Gasteiger partial charge in [-0.25, -0.2) is 4.79 Å². The lowest BCUT2D eigenvalue weighted by molar-refractivity contribution is -0.117. The van der Waals surface area contributed by atoms with Gasteiger partial charge in [-0.3, -0.25) is 14.4 Å². The maximum absolute atomic E-state index is 12.2. The maximum Gasteiger partial charge on any atom is 0.337 e. The van der Waals surface area contributed by atoms with Crippen LogP contribution in [0.15, 0.2) is 48.5 Å². The molecule has 0 saturated carbocycles. The van der Waals surface area contributed by atoms with E-state index in [-0.39, 0.29) is 30.7 Å². The van der Waals surface area contributed by atoms with Crippen LogP contribution in [0.3, 0.4) is 0 Å². The van der Waals surface area contributed by atoms with E-state index < -0.39 is 5.97 Å². The van der Waals surface area contributed by atoms with Crippen molar-refractivity contribution in [1.29, 1.82) is 0 Å². The fourth-order valence-corrected chi connectivity index (χ4v) is 2.64. The summed E-state index contributed by atoms with van der Waals surface area (Å²) in [4.78, 5) is 48.2. The molecule has 0 radical (unpaired) electrons. The van der Waals surface area contributed by atoms with Crippen molar-refractivity contribution in [3.05, 3.63) is 54.1 Å². The molecule has 0 saturated heterocycles. The highest BCUT2D eigenvalue weighted by atomic mass is 16.5. The number of rotatable bonds is 7. The van der Waals surface area contributed by atoms with E-state index in [4.69, 9.17) is 0 Å². The summed E-state index contributed by atoms with van der Waals surface area (Å²) in [5, 5.41) is 5.38. The zero-order valence-corrected chi connectivity index (χ0v) is 16.5. The van der Waals surface area contributed by atoms with Crippen LogP contribution in [0.5, 0.6) is 0 Å². The Morgan fingerprint density at radius 1 is 0.862 bits per heavy atom. The minimum Gasteiger partial charge on any atom is -0.465 e. The van der Waals surface area contributed by atoms with E-state index in [0.717, 1.165) is 0 Å². The van der Waals surface area contributed by atoms with Crippen molar-refractivity contribution in [2.24, 2.45) is 0 Å². The molecule has 0 unspecified atom stereocenters. The summed E-state index contributed by atoms with van der Waals surface area (Å²) < 4.78 is 4.63. The minimum absolute atomic E-state index is 0.0891. The summed E-state index contributed by atoms with van der Waals surface area (Å²) in [5.41, 5.74) is 2.17. The van der Waals surface area contributed by atoms with E-state index in [1.807, 2.05) is 0 Å². The third-order valence-corrected chi connectivity index (χ3v) is 4.03. The van der Waals surface area contributed by atoms with Crippen LogP contribution < -0.4 is 15.5 Å². The van der Waals surface area contributed by atoms with E-state index in [1.54, 1.807) is 48.5 Å². The Bertz CT molecular complexity index is 892. The Labute approximate surface area is 168 Å². The lowest BCUT2D eigenvalue weighted by atomic mass is 10.2. The van der Waals surface area contributed by atoms with Crippen LogP contribution in [0, 0.1) is 0 Å². The first kappa shape index (κ1) is 21.6. The molecule has 8 heteroatoms. The van der Waals surface area contributed by atoms with Crippen molar-refractivity contribution in [1.82, 2.24) is 0 Å². The Morgan fingerprint density at radius 3 is 1.93 bits per heavy atom. The molecule has 0 spiro atoms. The number of carbonyl (C=O) groups is 4. The lowest BCUT2D eigenvalue weighted by Crippen LogP contribution is -2.31. The number of benzene rings is 2. The second kappa shape index (κ2) is 10.0. The molecule has 2 rings (SSSR count). The molecule has 0 fully saturated rings. The minimum atomic E-state index is -0.454. The highest BCUT2D eigenvalue weighted by Gasteiger charge is 2.14. The van der Waals surface area contributed by atoms with Gasteiger partial charge in [0.05, 0.1) is 12.7 Å². The number of nitrogens with one attached hydrogen (secondary N) is 2. The van der Waals surface area contributed by atoms with Crippen molar-refractivity contribution in [3.63, 3.8) is 0 Å². The van der Waals surface area contributed by atoms with Gasteiger partial charge in [0.15, 0.2) is 0 Å². The van der Waals surface area contributed by atoms with Gasteiger partial charge in [-0.15, -0.1) is 0 Å². The predicted molar refractivity (Wildman–Crippen MR) is 110 cm³/mol. The molecule has 29 heavy (non-hydrogen) atoms. The third kappa shape index (κ3) is 6.46. The van der Waals surface area contributed by atoms with Gasteiger partial charge >= 0.3 is 5.97 Å². The largest absolute Gasteiger partial charge is 0.465 e. The van der Waals surface area contributed by atoms with Crippen LogP contribution in [0.2, 0.25) is 0 Å². The van der Waals surface area contributed by atoms with Gasteiger partial charge in [-0.05, 0) is 48.5 Å². The van der Waals surface area contributed by atoms with E-state index in [0.29, 0.717) is 22.6 Å². The number of hydrogen-bond donors (Lipinski definition) is 2. The zero-order valence-electron chi connectivity index (χ0n) is 16.5. The fraction of sp³-hybridized carbons (Fsp3) is 0.238. The van der Waals surface area contributed by atoms with Gasteiger partial charge in [0.2, 0.25) is 17.7 Å². The number of nitrogens with zero attached hydrogens (tertiary/aromatic N) is 1. The monoisotopic (exact) mass is 397 g/mol. The van der Waals surface area contributed by atoms with Crippen molar-refractivity contribution in [2.45, 2.75) is 20.3 Å². The van der Waals surface area contributed by atoms with Crippen LogP contribution in [-0.2, 0) is 19.1 Å². The summed E-state index contributed by atoms with van der Waals surface area (Å²) in [5.74, 6) is -1.11. The van der Waals surface area contributed by atoms with Gasteiger partial charge in [0.1, 0.15) is 0 Å². The Balaban J connectivity index is 1.96. The van der Waals surface area contributed by atoms with Crippen molar-refractivity contribution >= 4 is 40.8 Å². The molecule has 3 amide bonds. The summed E-state index contributed by atoms with van der Waals surface area (Å²) in [6.45, 7) is 3.03. The Morgan fingerprint density at radius 2 is 1.41 bits per heavy atom. The maximum atomic E-state index is 12.2. The first-order valence-electron chi connectivity index (χ1n) is 8.94. The van der Waals surface area contributed by atoms with Crippen LogP contribution in [0.4, 0.5) is 17.1 Å². The zero-order chi connectivity index (χ0) is 21.4. The normalized spacial score (nSPS) is 10.0. The van der Waals surface area contributed by atoms with Crippen molar-refractivity contribution < 1.29 is 23.9 Å². The van der Waals surface area contributed by atoms with E-state index >= 15 is 0 Å². The smallest absolute Gasteiger partial charge is 0.337 e. The number of ether oxygens (including phenoxy) is 1. The molecular formula is C21H23N3O5. The highest BCUT2D eigenvalue weighted by Crippen LogP contribution is 2.19. The molecule has 8 nitrogen and oxygen atoms in total. The molecule has 0 aliphatic heterocycles. The van der Waals surface area contributed by atoms with E-state index in [2.05, 4.69) is 15.4 Å². The second-order valence-electron chi connectivity index (χ2n) is 6.27. The van der Waals surface area contributed by atoms with Gasteiger partial charge in [-0.1, -0.05) is 0 Å². The van der Waals surface area contributed by atoms with Crippen molar-refractivity contribution in [3.8, 4) is 0 Å². The van der Waals surface area contributed by atoms with Crippen LogP contribution in [0.25, 0.3) is 0 Å². The first-order valence-corrected chi connectivity index (χ1v) is 8.94. The molecule has 0 atom stereocenters. The van der Waals surface area contributed by atoms with Crippen LogP contribution >= 0.6 is 0 Å². The Hall–Kier alpha value is -3.68. The fourth-order valence-electron chi connectivity index (χ4n) is 2.64. The molecular weight excluding hydrogens is 374 g/mol. The standard InChI is InChI=1S/C21H23N3O5/c1-14(25)22-17-8-10-19(11-9-17)24(15(2)26)13-12-20(27)23-18-6-4-16(5-7-18)21(28)29-3/h4-11H,12-13H2,1-3H3,(H,22,25)(H,23,27). The van der Waals surface area contributed by atoms with Gasteiger partial charge in [-0.2, -0.15) is 0 Å². The summed E-state index contributed by atoms with van der Waals surface area (Å²) >= 11 is 0. The molecule has 0 aliphatic carbocycles. The Kier molecular flexibility index (Phi) is 7.47. The number of carbonyl (C=O) groups excluding carboxylic acids is 4. The summed E-state index contributed by atoms with van der Waals surface area (Å²) in [6.07, 6.45) is 0.0891. The van der Waals surface area contributed by atoms with Gasteiger partial charge < -0.3 is 20.3 Å². The molecule has 2 N–H and O–H groups in total. The van der Waals surface area contributed by atoms with Crippen molar-refractivity contribution in [2.75, 3.05) is 29.2 Å². The quantitative estimate of drug-likeness (QED) is 0.699. The van der Waals surface area contributed by atoms with E-state index in [1.165, 1.54) is 25.9 Å². The number of amides is 3. The highest BCUT2D eigenvalue weighted by molar-refractivity contribution is 5.96. The molecule has 0 bridgehead atoms. The number of esters is 1. The molecule has 2 aromatic rings. The van der Waals surface area contributed by atoms with Gasteiger partial charge in [0.25, 0.3) is 0 Å². The SMILES string of the molecule is COC(=O)c1ccc(NC(=O)CCN(C(C)=O)c2ccc(NC(C)=O)cc2)cc1. The average molecular weight is 397 g/mol. The summed E-state index contributed by atoms with van der Waals surface area (Å²) in [7, 11) is 1.30. The third-order valence-electron chi connectivity index (χ3n) is 4.03.